The maximum Gasteiger partial charge on any atom is -0.0517 e. The van der Waals surface area contributed by atoms with Gasteiger partial charge in [0.1, 0.15) is 0 Å². The molecule has 0 aromatic carbocycles. The highest BCUT2D eigenvalue weighted by Gasteiger charge is 2.22. The van der Waals surface area contributed by atoms with Gasteiger partial charge in [-0.25, -0.2) is 0 Å². The average molecular weight is 231 g/mol. The Morgan fingerprint density at radius 2 is 1.38 bits per heavy atom. The maximum absolute atomic E-state index is 12.7. The van der Waals surface area contributed by atoms with Gasteiger partial charge < -0.3 is 11.3 Å². The van der Waals surface area contributed by atoms with Gasteiger partial charge in [0.2, 0.25) is 0 Å². The molecule has 0 saturated heterocycles. The lowest BCUT2D eigenvalue weighted by molar-refractivity contribution is -0.496. The quantitative estimate of drug-likeness (QED) is 0.632. The summed E-state index contributed by atoms with van der Waals surface area (Å²) in [6, 6.07) is 0. The Morgan fingerprint density at radius 1 is 0.938 bits per heavy atom. The number of quaternary nitrogens is 1. The minimum absolute atomic E-state index is 0. The average Bonchev–Trinajstić information content (AvgIpc) is 2.24. The Hall–Kier alpha value is -0.0800. The van der Waals surface area contributed by atoms with E-state index in [4.69, 9.17) is 0 Å². The van der Waals surface area contributed by atoms with Crippen molar-refractivity contribution in [3.63, 3.8) is 0 Å². The number of hydrogen-bond acceptors (Lipinski definition) is 1. The molecule has 1 unspecified atom stereocenters. The molecule has 0 aromatic heterocycles. The summed E-state index contributed by atoms with van der Waals surface area (Å²) in [5.41, 5.74) is -0.637. The smallest absolute Gasteiger partial charge is 0.0517 e. The molecule has 0 rings (SSSR count). The normalized spacial score (nSPS) is 13.3. The second-order valence-corrected chi connectivity index (χ2v) is 4.96. The third-order valence-electron chi connectivity index (χ3n) is 3.53. The molecule has 0 aliphatic rings. The molecule has 0 amide bonds. The summed E-state index contributed by atoms with van der Waals surface area (Å²) in [6.45, 7) is 8.67. The summed E-state index contributed by atoms with van der Waals surface area (Å²) >= 11 is 0. The molecule has 0 saturated carbocycles. The van der Waals surface area contributed by atoms with Crippen molar-refractivity contribution in [2.75, 3.05) is 0 Å². The highest BCUT2D eigenvalue weighted by atomic mass is 16.3. The Labute approximate surface area is 102 Å². The molecule has 4 N–H and O–H groups in total. The van der Waals surface area contributed by atoms with Gasteiger partial charge in [0.15, 0.2) is 0 Å². The van der Waals surface area contributed by atoms with Gasteiger partial charge in [-0.3, -0.25) is 0 Å². The standard InChI is InChI=1S/C14H29O.H3N/c1-5-8-11-14(15,12-9-6-2)13(4)10-7-3;/h13H,5-12H2,1-4H3;1H3/q-1;/p+1. The van der Waals surface area contributed by atoms with Crippen molar-refractivity contribution in [2.45, 2.75) is 84.7 Å². The van der Waals surface area contributed by atoms with Gasteiger partial charge in [0, 0.05) is 0 Å². The second-order valence-electron chi connectivity index (χ2n) is 4.96. The summed E-state index contributed by atoms with van der Waals surface area (Å²) in [5, 5.41) is 12.7. The van der Waals surface area contributed by atoms with Gasteiger partial charge >= 0.3 is 0 Å². The van der Waals surface area contributed by atoms with Crippen LogP contribution in [0.2, 0.25) is 0 Å². The first kappa shape index (κ1) is 18.3. The first-order valence-corrected chi connectivity index (χ1v) is 6.81. The second kappa shape index (κ2) is 10.1. The summed E-state index contributed by atoms with van der Waals surface area (Å²) in [5.74, 6) is 0.348. The summed E-state index contributed by atoms with van der Waals surface area (Å²) < 4.78 is 0. The molecule has 0 heterocycles. The van der Waals surface area contributed by atoms with Crippen LogP contribution >= 0.6 is 0 Å². The van der Waals surface area contributed by atoms with Crippen molar-refractivity contribution in [1.29, 1.82) is 0 Å². The minimum Gasteiger partial charge on any atom is -0.849 e. The van der Waals surface area contributed by atoms with Crippen LogP contribution in [-0.2, 0) is 0 Å². The molecular weight excluding hydrogens is 198 g/mol. The van der Waals surface area contributed by atoms with E-state index in [9.17, 15) is 5.11 Å². The van der Waals surface area contributed by atoms with Crippen LogP contribution < -0.4 is 11.3 Å². The van der Waals surface area contributed by atoms with Crippen molar-refractivity contribution < 1.29 is 5.11 Å². The van der Waals surface area contributed by atoms with Crippen LogP contribution in [-0.4, -0.2) is 5.60 Å². The zero-order valence-corrected chi connectivity index (χ0v) is 12.1. The van der Waals surface area contributed by atoms with Crippen LogP contribution in [0.4, 0.5) is 0 Å². The number of hydrogen-bond donors (Lipinski definition) is 1. The fourth-order valence-electron chi connectivity index (χ4n) is 2.27. The molecule has 0 radical (unpaired) electrons. The maximum atomic E-state index is 12.7. The lowest BCUT2D eigenvalue weighted by atomic mass is 9.78. The Bertz CT molecular complexity index is 140. The fourth-order valence-corrected chi connectivity index (χ4v) is 2.27. The van der Waals surface area contributed by atoms with Gasteiger partial charge in [-0.1, -0.05) is 85.0 Å². The van der Waals surface area contributed by atoms with E-state index in [0.29, 0.717) is 5.92 Å². The SMILES string of the molecule is CCCCC([O-])(CCCC)C(C)CCC.[NH4+]. The molecule has 0 aliphatic carbocycles. The van der Waals surface area contributed by atoms with Crippen molar-refractivity contribution >= 4 is 0 Å². The van der Waals surface area contributed by atoms with Crippen molar-refractivity contribution in [2.24, 2.45) is 5.92 Å². The molecule has 0 aliphatic heterocycles. The van der Waals surface area contributed by atoms with Crippen molar-refractivity contribution in [3.05, 3.63) is 0 Å². The Morgan fingerprint density at radius 3 is 1.69 bits per heavy atom. The van der Waals surface area contributed by atoms with Crippen molar-refractivity contribution in [1.82, 2.24) is 6.15 Å². The van der Waals surface area contributed by atoms with E-state index in [1.165, 1.54) is 0 Å². The van der Waals surface area contributed by atoms with Gasteiger partial charge in [0.05, 0.1) is 0 Å². The zero-order chi connectivity index (χ0) is 11.7. The molecule has 16 heavy (non-hydrogen) atoms. The van der Waals surface area contributed by atoms with E-state index in [1.54, 1.807) is 0 Å². The van der Waals surface area contributed by atoms with E-state index in [0.717, 1.165) is 51.4 Å². The summed E-state index contributed by atoms with van der Waals surface area (Å²) in [4.78, 5) is 0. The molecule has 1 atom stereocenters. The summed E-state index contributed by atoms with van der Waals surface area (Å²) in [6.07, 6.45) is 8.49. The number of rotatable bonds is 9. The van der Waals surface area contributed by atoms with Crippen LogP contribution in [0.25, 0.3) is 0 Å². The molecule has 0 aromatic rings. The monoisotopic (exact) mass is 231 g/mol. The predicted octanol–water partition coefficient (Wildman–Crippen LogP) is 4.28. The van der Waals surface area contributed by atoms with E-state index in [2.05, 4.69) is 27.7 Å². The lowest BCUT2D eigenvalue weighted by Crippen LogP contribution is -2.49. The van der Waals surface area contributed by atoms with Crippen molar-refractivity contribution in [3.8, 4) is 0 Å². The summed E-state index contributed by atoms with van der Waals surface area (Å²) in [7, 11) is 0. The zero-order valence-electron chi connectivity index (χ0n) is 12.1. The van der Waals surface area contributed by atoms with Crippen LogP contribution in [0.5, 0.6) is 0 Å². The van der Waals surface area contributed by atoms with Gasteiger partial charge in [-0.05, 0) is 0 Å². The first-order valence-electron chi connectivity index (χ1n) is 6.81. The van der Waals surface area contributed by atoms with Gasteiger partial charge in [-0.15, -0.1) is 5.60 Å². The highest BCUT2D eigenvalue weighted by Crippen LogP contribution is 2.29. The van der Waals surface area contributed by atoms with Crippen LogP contribution in [0.3, 0.4) is 0 Å². The predicted molar refractivity (Wildman–Crippen MR) is 71.8 cm³/mol. The highest BCUT2D eigenvalue weighted by molar-refractivity contribution is 4.82. The Balaban J connectivity index is 0. The molecule has 2 nitrogen and oxygen atoms in total. The molecule has 0 bridgehead atoms. The molecule has 100 valence electrons. The molecule has 2 heteroatoms. The molecular formula is C14H33NO. The lowest BCUT2D eigenvalue weighted by Gasteiger charge is -2.47. The third-order valence-corrected chi connectivity index (χ3v) is 3.53. The first-order chi connectivity index (χ1) is 7.10. The Kier molecular flexibility index (Phi) is 11.5. The number of unbranched alkanes of at least 4 members (excludes halogenated alkanes) is 2. The van der Waals surface area contributed by atoms with Crippen LogP contribution in [0.15, 0.2) is 0 Å². The molecule has 0 spiro atoms. The molecule has 0 fully saturated rings. The van der Waals surface area contributed by atoms with Gasteiger partial charge in [0.25, 0.3) is 0 Å². The minimum atomic E-state index is -0.637. The third kappa shape index (κ3) is 6.49. The van der Waals surface area contributed by atoms with E-state index >= 15 is 0 Å². The largest absolute Gasteiger partial charge is 0.849 e. The van der Waals surface area contributed by atoms with E-state index in [1.807, 2.05) is 0 Å². The van der Waals surface area contributed by atoms with E-state index in [-0.39, 0.29) is 6.15 Å². The van der Waals surface area contributed by atoms with Crippen LogP contribution in [0, 0.1) is 5.92 Å². The van der Waals surface area contributed by atoms with E-state index < -0.39 is 5.60 Å². The topological polar surface area (TPSA) is 59.6 Å². The van der Waals surface area contributed by atoms with Gasteiger partial charge in [-0.2, -0.15) is 0 Å². The van der Waals surface area contributed by atoms with Crippen LogP contribution in [0.1, 0.15) is 79.1 Å². The fraction of sp³-hybridized carbons (Fsp3) is 1.00.